The number of hydrogen-bond donors (Lipinski definition) is 1. The molecule has 9 heteroatoms. The summed E-state index contributed by atoms with van der Waals surface area (Å²) in [6.07, 6.45) is -9.81. The molecule has 21 heavy (non-hydrogen) atoms. The van der Waals surface area contributed by atoms with E-state index in [0.29, 0.717) is 0 Å². The fourth-order valence-corrected chi connectivity index (χ4v) is 1.78. The Bertz CT molecular complexity index is 665. The van der Waals surface area contributed by atoms with Crippen molar-refractivity contribution in [3.63, 3.8) is 0 Å². The summed E-state index contributed by atoms with van der Waals surface area (Å²) in [4.78, 5) is 3.25. The van der Waals surface area contributed by atoms with E-state index in [-0.39, 0.29) is 11.1 Å². The van der Waals surface area contributed by atoms with Crippen LogP contribution in [0.25, 0.3) is 10.9 Å². The topological polar surface area (TPSA) is 34.2 Å². The maximum Gasteiger partial charge on any atom is 0.573 e. The molecule has 1 aromatic carbocycles. The highest BCUT2D eigenvalue weighted by Gasteiger charge is 2.35. The van der Waals surface area contributed by atoms with Gasteiger partial charge in [-0.05, 0) is 12.1 Å². The molecule has 0 aliphatic rings. The fourth-order valence-electron chi connectivity index (χ4n) is 1.78. The number of halogens is 6. The number of nitrogens with one attached hydrogen (secondary N) is 1. The maximum absolute atomic E-state index is 12.7. The summed E-state index contributed by atoms with van der Waals surface area (Å²) in [6.45, 7) is 0. The van der Waals surface area contributed by atoms with Crippen molar-refractivity contribution in [1.82, 2.24) is 4.98 Å². The van der Waals surface area contributed by atoms with E-state index >= 15 is 0 Å². The second kappa shape index (κ2) is 4.97. The van der Waals surface area contributed by atoms with Gasteiger partial charge in [0.05, 0.1) is 0 Å². The van der Waals surface area contributed by atoms with Crippen LogP contribution in [-0.4, -0.2) is 18.4 Å². The average Bonchev–Trinajstić information content (AvgIpc) is 2.35. The minimum atomic E-state index is -5.02. The van der Waals surface area contributed by atoms with Gasteiger partial charge in [-0.1, -0.05) is 12.1 Å². The number of hydrogen-bond acceptors (Lipinski definition) is 3. The van der Waals surface area contributed by atoms with Crippen LogP contribution in [0, 0.1) is 0 Å². The summed E-state index contributed by atoms with van der Waals surface area (Å²) in [5, 5.41) is 2.59. The number of aromatic nitrogens is 1. The number of para-hydroxylation sites is 1. The first-order valence-corrected chi connectivity index (χ1v) is 5.56. The standard InChI is InChI=1S/C12H8F6N2O/c1-19-7-5-9(11(13,14)15)20-10-6(7)3-2-4-8(10)21-12(16,17)18/h2-5H,1H3,(H,19,20). The number of nitrogens with zero attached hydrogens (tertiary/aromatic N) is 1. The number of benzene rings is 1. The van der Waals surface area contributed by atoms with E-state index in [9.17, 15) is 26.3 Å². The predicted octanol–water partition coefficient (Wildman–Crippen LogP) is 4.19. The van der Waals surface area contributed by atoms with Gasteiger partial charge in [0.15, 0.2) is 5.75 Å². The van der Waals surface area contributed by atoms with E-state index in [0.717, 1.165) is 12.1 Å². The molecule has 114 valence electrons. The average molecular weight is 310 g/mol. The highest BCUT2D eigenvalue weighted by atomic mass is 19.4. The summed E-state index contributed by atoms with van der Waals surface area (Å²) in [5.41, 5.74) is -1.83. The van der Waals surface area contributed by atoms with Gasteiger partial charge in [-0.25, -0.2) is 4.98 Å². The number of anilines is 1. The third-order valence-electron chi connectivity index (χ3n) is 2.59. The molecule has 0 saturated carbocycles. The van der Waals surface area contributed by atoms with Crippen molar-refractivity contribution in [2.45, 2.75) is 12.5 Å². The predicted molar refractivity (Wildman–Crippen MR) is 63.0 cm³/mol. The molecule has 0 aliphatic heterocycles. The molecule has 2 rings (SSSR count). The minimum Gasteiger partial charge on any atom is -0.403 e. The Morgan fingerprint density at radius 2 is 1.76 bits per heavy atom. The van der Waals surface area contributed by atoms with E-state index in [4.69, 9.17) is 0 Å². The van der Waals surface area contributed by atoms with E-state index < -0.39 is 29.5 Å². The molecule has 0 bridgehead atoms. The Morgan fingerprint density at radius 1 is 1.10 bits per heavy atom. The summed E-state index contributed by atoms with van der Waals surface area (Å²) in [5.74, 6) is -0.789. The van der Waals surface area contributed by atoms with Crippen LogP contribution in [0.4, 0.5) is 32.0 Å². The highest BCUT2D eigenvalue weighted by molar-refractivity contribution is 5.95. The van der Waals surface area contributed by atoms with Crippen LogP contribution >= 0.6 is 0 Å². The first-order chi connectivity index (χ1) is 9.62. The lowest BCUT2D eigenvalue weighted by atomic mass is 10.1. The van der Waals surface area contributed by atoms with Gasteiger partial charge in [-0.2, -0.15) is 13.2 Å². The van der Waals surface area contributed by atoms with Crippen molar-refractivity contribution >= 4 is 16.6 Å². The summed E-state index contributed by atoms with van der Waals surface area (Å²) in [6, 6.07) is 4.21. The van der Waals surface area contributed by atoms with Crippen molar-refractivity contribution < 1.29 is 31.1 Å². The van der Waals surface area contributed by atoms with Crippen LogP contribution in [0.3, 0.4) is 0 Å². The molecule has 0 atom stereocenters. The molecule has 0 amide bonds. The molecule has 0 unspecified atom stereocenters. The zero-order chi connectivity index (χ0) is 15.8. The van der Waals surface area contributed by atoms with Crippen LogP contribution in [0.5, 0.6) is 5.75 Å². The molecule has 0 radical (unpaired) electrons. The van der Waals surface area contributed by atoms with Gasteiger partial charge in [-0.15, -0.1) is 13.2 Å². The van der Waals surface area contributed by atoms with Crippen LogP contribution in [0.2, 0.25) is 0 Å². The van der Waals surface area contributed by atoms with E-state index in [1.807, 2.05) is 0 Å². The minimum absolute atomic E-state index is 0.0000468. The maximum atomic E-state index is 12.7. The Kier molecular flexibility index (Phi) is 3.60. The molecule has 1 N–H and O–H groups in total. The Balaban J connectivity index is 2.72. The monoisotopic (exact) mass is 310 g/mol. The molecule has 2 aromatic rings. The lowest BCUT2D eigenvalue weighted by molar-refractivity contribution is -0.274. The Labute approximate surface area is 114 Å². The van der Waals surface area contributed by atoms with Crippen molar-refractivity contribution in [2.24, 2.45) is 0 Å². The second-order valence-electron chi connectivity index (χ2n) is 4.00. The Hall–Kier alpha value is -2.19. The number of pyridine rings is 1. The number of alkyl halides is 6. The first kappa shape index (κ1) is 15.2. The highest BCUT2D eigenvalue weighted by Crippen LogP contribution is 2.37. The lowest BCUT2D eigenvalue weighted by Gasteiger charge is -2.15. The van der Waals surface area contributed by atoms with Crippen molar-refractivity contribution in [1.29, 1.82) is 0 Å². The van der Waals surface area contributed by atoms with Crippen LogP contribution < -0.4 is 10.1 Å². The molecule has 0 saturated heterocycles. The quantitative estimate of drug-likeness (QED) is 0.844. The van der Waals surface area contributed by atoms with Gasteiger partial charge in [-0.3, -0.25) is 0 Å². The van der Waals surface area contributed by atoms with Gasteiger partial charge in [0.1, 0.15) is 11.2 Å². The molecular formula is C12H8F6N2O. The summed E-state index contributed by atoms with van der Waals surface area (Å²) in [7, 11) is 1.35. The van der Waals surface area contributed by atoms with Gasteiger partial charge in [0.25, 0.3) is 0 Å². The van der Waals surface area contributed by atoms with Crippen LogP contribution in [0.1, 0.15) is 5.69 Å². The SMILES string of the molecule is CNc1cc(C(F)(F)F)nc2c(OC(F)(F)F)cccc12. The second-order valence-corrected chi connectivity index (χ2v) is 4.00. The van der Waals surface area contributed by atoms with Gasteiger partial charge in [0, 0.05) is 18.1 Å². The smallest absolute Gasteiger partial charge is 0.403 e. The summed E-state index contributed by atoms with van der Waals surface area (Å²) < 4.78 is 78.9. The molecule has 3 nitrogen and oxygen atoms in total. The number of ether oxygens (including phenoxy) is 1. The third-order valence-corrected chi connectivity index (χ3v) is 2.59. The molecule has 1 aromatic heterocycles. The first-order valence-electron chi connectivity index (χ1n) is 5.56. The molecule has 0 spiro atoms. The van der Waals surface area contributed by atoms with Gasteiger partial charge in [0.2, 0.25) is 0 Å². The van der Waals surface area contributed by atoms with E-state index in [2.05, 4.69) is 15.0 Å². The Morgan fingerprint density at radius 3 is 2.29 bits per heavy atom. The van der Waals surface area contributed by atoms with E-state index in [1.54, 1.807) is 0 Å². The van der Waals surface area contributed by atoms with Gasteiger partial charge >= 0.3 is 12.5 Å². The zero-order valence-corrected chi connectivity index (χ0v) is 10.4. The van der Waals surface area contributed by atoms with Crippen molar-refractivity contribution in [3.8, 4) is 5.75 Å². The lowest BCUT2D eigenvalue weighted by Crippen LogP contribution is -2.18. The van der Waals surface area contributed by atoms with Crippen molar-refractivity contribution in [2.75, 3.05) is 12.4 Å². The number of fused-ring (bicyclic) bond motifs is 1. The fraction of sp³-hybridized carbons (Fsp3) is 0.250. The van der Waals surface area contributed by atoms with Gasteiger partial charge < -0.3 is 10.1 Å². The van der Waals surface area contributed by atoms with Crippen LogP contribution in [0.15, 0.2) is 24.3 Å². The normalized spacial score (nSPS) is 12.5. The van der Waals surface area contributed by atoms with E-state index in [1.165, 1.54) is 19.2 Å². The third kappa shape index (κ3) is 3.29. The molecule has 1 heterocycles. The largest absolute Gasteiger partial charge is 0.573 e. The molecule has 0 aliphatic carbocycles. The molecule has 0 fully saturated rings. The van der Waals surface area contributed by atoms with Crippen LogP contribution in [-0.2, 0) is 6.18 Å². The van der Waals surface area contributed by atoms with Crippen molar-refractivity contribution in [3.05, 3.63) is 30.0 Å². The number of rotatable bonds is 2. The zero-order valence-electron chi connectivity index (χ0n) is 10.4. The summed E-state index contributed by atoms with van der Waals surface area (Å²) >= 11 is 0. The molecular weight excluding hydrogens is 302 g/mol.